The van der Waals surface area contributed by atoms with Gasteiger partial charge in [0.2, 0.25) is 0 Å². The quantitative estimate of drug-likeness (QED) is 0.733. The molecule has 15 heavy (non-hydrogen) atoms. The Morgan fingerprint density at radius 3 is 2.33 bits per heavy atom. The Labute approximate surface area is 95.2 Å². The lowest BCUT2D eigenvalue weighted by molar-refractivity contribution is 0.139. The van der Waals surface area contributed by atoms with E-state index in [1.807, 2.05) is 0 Å². The minimum absolute atomic E-state index is 0.837. The monoisotopic (exact) mass is 212 g/mol. The number of hydrogen-bond acceptors (Lipinski definition) is 2. The normalized spacial score (nSPS) is 27.2. The molecule has 0 amide bonds. The van der Waals surface area contributed by atoms with E-state index in [1.165, 1.54) is 45.2 Å². The van der Waals surface area contributed by atoms with Crippen LogP contribution in [0.4, 0.5) is 0 Å². The van der Waals surface area contributed by atoms with Crippen molar-refractivity contribution in [1.29, 1.82) is 0 Å². The first-order chi connectivity index (χ1) is 7.27. The van der Waals surface area contributed by atoms with Gasteiger partial charge in [0.05, 0.1) is 0 Å². The summed E-state index contributed by atoms with van der Waals surface area (Å²) in [7, 11) is 0. The predicted molar refractivity (Wildman–Crippen MR) is 67.0 cm³/mol. The van der Waals surface area contributed by atoms with Crippen LogP contribution >= 0.6 is 0 Å². The van der Waals surface area contributed by atoms with Crippen LogP contribution in [0.3, 0.4) is 0 Å². The first-order valence-electron chi connectivity index (χ1n) is 6.72. The van der Waals surface area contributed by atoms with Gasteiger partial charge < -0.3 is 10.6 Å². The predicted octanol–water partition coefficient (Wildman–Crippen LogP) is 2.63. The molecular weight excluding hydrogens is 184 g/mol. The van der Waals surface area contributed by atoms with E-state index in [9.17, 15) is 0 Å². The highest BCUT2D eigenvalue weighted by molar-refractivity contribution is 4.78. The van der Waals surface area contributed by atoms with Crippen LogP contribution < -0.4 is 5.73 Å². The fourth-order valence-electron chi connectivity index (χ4n) is 2.67. The van der Waals surface area contributed by atoms with Crippen LogP contribution in [0, 0.1) is 5.92 Å². The zero-order valence-electron chi connectivity index (χ0n) is 10.5. The Kier molecular flexibility index (Phi) is 6.26. The summed E-state index contributed by atoms with van der Waals surface area (Å²) in [5.74, 6) is 0.958. The molecule has 2 heteroatoms. The molecule has 0 heterocycles. The summed E-state index contributed by atoms with van der Waals surface area (Å²) in [6.07, 6.45) is 8.10. The highest BCUT2D eigenvalue weighted by Crippen LogP contribution is 2.27. The fourth-order valence-corrected chi connectivity index (χ4v) is 2.67. The maximum absolute atomic E-state index is 5.60. The summed E-state index contributed by atoms with van der Waals surface area (Å²) in [4.78, 5) is 2.68. The Balaban J connectivity index is 2.33. The lowest BCUT2D eigenvalue weighted by atomic mass is 9.86. The molecule has 1 aliphatic rings. The van der Waals surface area contributed by atoms with Crippen LogP contribution in [0.15, 0.2) is 0 Å². The summed E-state index contributed by atoms with van der Waals surface area (Å²) in [6.45, 7) is 7.98. The van der Waals surface area contributed by atoms with Gasteiger partial charge in [-0.3, -0.25) is 0 Å². The molecule has 0 aliphatic heterocycles. The molecule has 1 rings (SSSR count). The third kappa shape index (κ3) is 4.52. The number of hydrogen-bond donors (Lipinski definition) is 1. The van der Waals surface area contributed by atoms with Crippen LogP contribution in [0.2, 0.25) is 0 Å². The molecular formula is C13H28N2. The molecule has 2 nitrogen and oxygen atoms in total. The van der Waals surface area contributed by atoms with Crippen LogP contribution in [-0.2, 0) is 0 Å². The van der Waals surface area contributed by atoms with Crippen molar-refractivity contribution in [1.82, 2.24) is 4.90 Å². The first-order valence-corrected chi connectivity index (χ1v) is 6.72. The van der Waals surface area contributed by atoms with Crippen molar-refractivity contribution >= 4 is 0 Å². The van der Waals surface area contributed by atoms with Crippen molar-refractivity contribution in [2.45, 2.75) is 58.4 Å². The molecule has 1 saturated carbocycles. The smallest absolute Gasteiger partial charge is 0.00954 e. The molecule has 0 radical (unpaired) electrons. The van der Waals surface area contributed by atoms with Crippen molar-refractivity contribution < 1.29 is 0 Å². The Bertz CT molecular complexity index is 151. The Morgan fingerprint density at radius 2 is 1.80 bits per heavy atom. The summed E-state index contributed by atoms with van der Waals surface area (Å²) >= 11 is 0. The Hall–Kier alpha value is -0.0800. The number of nitrogens with zero attached hydrogens (tertiary/aromatic N) is 1. The van der Waals surface area contributed by atoms with Crippen molar-refractivity contribution in [2.24, 2.45) is 11.7 Å². The molecule has 0 atom stereocenters. The van der Waals surface area contributed by atoms with Gasteiger partial charge in [-0.25, -0.2) is 0 Å². The molecule has 0 bridgehead atoms. The van der Waals surface area contributed by atoms with Gasteiger partial charge in [0.15, 0.2) is 0 Å². The molecule has 0 spiro atoms. The average molecular weight is 212 g/mol. The molecule has 1 fully saturated rings. The third-order valence-corrected chi connectivity index (χ3v) is 3.66. The fraction of sp³-hybridized carbons (Fsp3) is 1.00. The van der Waals surface area contributed by atoms with Crippen molar-refractivity contribution in [3.63, 3.8) is 0 Å². The van der Waals surface area contributed by atoms with E-state index in [4.69, 9.17) is 5.73 Å². The minimum atomic E-state index is 0.837. The second kappa shape index (κ2) is 7.24. The van der Waals surface area contributed by atoms with Gasteiger partial charge in [-0.15, -0.1) is 0 Å². The van der Waals surface area contributed by atoms with Gasteiger partial charge in [-0.1, -0.05) is 13.8 Å². The second-order valence-corrected chi connectivity index (χ2v) is 5.09. The summed E-state index contributed by atoms with van der Waals surface area (Å²) < 4.78 is 0. The van der Waals surface area contributed by atoms with Crippen LogP contribution in [-0.4, -0.2) is 30.6 Å². The molecule has 0 aromatic rings. The van der Waals surface area contributed by atoms with Gasteiger partial charge in [-0.2, -0.15) is 0 Å². The maximum atomic E-state index is 5.60. The first kappa shape index (κ1) is 13.0. The molecule has 1 aliphatic carbocycles. The van der Waals surface area contributed by atoms with Crippen molar-refractivity contribution in [2.75, 3.05) is 19.6 Å². The van der Waals surface area contributed by atoms with E-state index in [2.05, 4.69) is 18.7 Å². The zero-order valence-corrected chi connectivity index (χ0v) is 10.5. The molecule has 0 aromatic carbocycles. The van der Waals surface area contributed by atoms with E-state index < -0.39 is 0 Å². The van der Waals surface area contributed by atoms with E-state index in [1.54, 1.807) is 0 Å². The van der Waals surface area contributed by atoms with E-state index in [0.29, 0.717) is 0 Å². The van der Waals surface area contributed by atoms with Crippen LogP contribution in [0.1, 0.15) is 52.4 Å². The summed E-state index contributed by atoms with van der Waals surface area (Å²) in [5.41, 5.74) is 5.60. The topological polar surface area (TPSA) is 29.3 Å². The van der Waals surface area contributed by atoms with Gasteiger partial charge in [-0.05, 0) is 64.1 Å². The summed E-state index contributed by atoms with van der Waals surface area (Å²) in [6, 6.07) is 0.854. The number of rotatable bonds is 6. The largest absolute Gasteiger partial charge is 0.330 e. The average Bonchev–Trinajstić information content (AvgIpc) is 2.25. The molecule has 0 aromatic heterocycles. The maximum Gasteiger partial charge on any atom is 0.00954 e. The van der Waals surface area contributed by atoms with E-state index in [0.717, 1.165) is 24.9 Å². The molecule has 90 valence electrons. The highest BCUT2D eigenvalue weighted by Gasteiger charge is 2.22. The molecule has 0 saturated heterocycles. The molecule has 0 unspecified atom stereocenters. The standard InChI is InChI=1S/C13H28N2/c1-3-10-15(11-4-9-14)13-7-5-12(2)6-8-13/h12-13H,3-11,14H2,1-2H3. The van der Waals surface area contributed by atoms with Crippen molar-refractivity contribution in [3.05, 3.63) is 0 Å². The molecule has 2 N–H and O–H groups in total. The van der Waals surface area contributed by atoms with Gasteiger partial charge in [0.25, 0.3) is 0 Å². The van der Waals surface area contributed by atoms with Gasteiger partial charge in [0.1, 0.15) is 0 Å². The van der Waals surface area contributed by atoms with Crippen molar-refractivity contribution in [3.8, 4) is 0 Å². The second-order valence-electron chi connectivity index (χ2n) is 5.09. The number of nitrogens with two attached hydrogens (primary N) is 1. The lowest BCUT2D eigenvalue weighted by Gasteiger charge is -2.36. The SMILES string of the molecule is CCCN(CCCN)C1CCC(C)CC1. The van der Waals surface area contributed by atoms with Crippen LogP contribution in [0.25, 0.3) is 0 Å². The summed E-state index contributed by atoms with van der Waals surface area (Å²) in [5, 5.41) is 0. The highest BCUT2D eigenvalue weighted by atomic mass is 15.1. The van der Waals surface area contributed by atoms with Gasteiger partial charge >= 0.3 is 0 Å². The zero-order chi connectivity index (χ0) is 11.1. The Morgan fingerprint density at radius 1 is 1.13 bits per heavy atom. The minimum Gasteiger partial charge on any atom is -0.330 e. The van der Waals surface area contributed by atoms with E-state index in [-0.39, 0.29) is 0 Å². The third-order valence-electron chi connectivity index (χ3n) is 3.66. The van der Waals surface area contributed by atoms with Crippen LogP contribution in [0.5, 0.6) is 0 Å². The van der Waals surface area contributed by atoms with Gasteiger partial charge in [0, 0.05) is 6.04 Å². The lowest BCUT2D eigenvalue weighted by Crippen LogP contribution is -2.39. The van der Waals surface area contributed by atoms with E-state index >= 15 is 0 Å².